The molecule has 0 atom stereocenters. The highest BCUT2D eigenvalue weighted by Crippen LogP contribution is 2.20. The number of nitrogens with zero attached hydrogens (tertiary/aromatic N) is 2. The van der Waals surface area contributed by atoms with E-state index in [0.29, 0.717) is 23.7 Å². The van der Waals surface area contributed by atoms with Gasteiger partial charge in [-0.05, 0) is 32.0 Å². The van der Waals surface area contributed by atoms with Crippen LogP contribution in [-0.4, -0.2) is 60.3 Å². The Morgan fingerprint density at radius 2 is 2.17 bits per heavy atom. The van der Waals surface area contributed by atoms with Gasteiger partial charge in [0.15, 0.2) is 11.5 Å². The van der Waals surface area contributed by atoms with E-state index in [2.05, 4.69) is 25.7 Å². The zero-order valence-electron chi connectivity index (χ0n) is 13.8. The molecular weight excluding hydrogens is 330 g/mol. The summed E-state index contributed by atoms with van der Waals surface area (Å²) in [5.74, 6) is 1.36. The molecule has 2 aromatic rings. The Labute approximate surface area is 147 Å². The number of aryl methyl sites for hydroxylation is 1. The predicted octanol–water partition coefficient (Wildman–Crippen LogP) is 1.43. The highest BCUT2D eigenvalue weighted by molar-refractivity contribution is 5.93. The van der Waals surface area contributed by atoms with E-state index in [1.54, 1.807) is 6.07 Å². The molecule has 1 aliphatic rings. The number of halogens is 1. The molecule has 3 heterocycles. The van der Waals surface area contributed by atoms with Gasteiger partial charge in [0, 0.05) is 38.8 Å². The minimum atomic E-state index is -0.156. The zero-order valence-corrected chi connectivity index (χ0v) is 14.6. The van der Waals surface area contributed by atoms with Gasteiger partial charge in [-0.25, -0.2) is 0 Å². The highest BCUT2D eigenvalue weighted by Gasteiger charge is 2.13. The maximum Gasteiger partial charge on any atom is 0.271 e. The van der Waals surface area contributed by atoms with Crippen molar-refractivity contribution in [1.29, 1.82) is 0 Å². The first kappa shape index (κ1) is 18.5. The van der Waals surface area contributed by atoms with Gasteiger partial charge in [0.1, 0.15) is 11.5 Å². The number of amides is 1. The van der Waals surface area contributed by atoms with Crippen LogP contribution in [0, 0.1) is 6.92 Å². The summed E-state index contributed by atoms with van der Waals surface area (Å²) >= 11 is 0. The van der Waals surface area contributed by atoms with Crippen LogP contribution in [0.2, 0.25) is 0 Å². The van der Waals surface area contributed by atoms with Crippen LogP contribution in [0.4, 0.5) is 0 Å². The molecule has 0 radical (unpaired) electrons. The van der Waals surface area contributed by atoms with E-state index in [1.807, 2.05) is 19.1 Å². The normalized spacial score (nSPS) is 15.0. The summed E-state index contributed by atoms with van der Waals surface area (Å²) < 4.78 is 5.51. The van der Waals surface area contributed by atoms with Gasteiger partial charge in [-0.2, -0.15) is 5.10 Å². The molecule has 1 fully saturated rings. The number of rotatable bonds is 6. The number of carbonyl (C=O) groups excluding carboxylic acids is 1. The lowest BCUT2D eigenvalue weighted by Crippen LogP contribution is -2.44. The summed E-state index contributed by atoms with van der Waals surface area (Å²) in [5.41, 5.74) is 1.10. The predicted molar refractivity (Wildman–Crippen MR) is 94.5 cm³/mol. The second-order valence-corrected chi connectivity index (χ2v) is 5.78. The Bertz CT molecular complexity index is 648. The van der Waals surface area contributed by atoms with Crippen LogP contribution in [0.3, 0.4) is 0 Å². The molecule has 3 rings (SSSR count). The maximum atomic E-state index is 12.1. The average Bonchev–Trinajstić information content (AvgIpc) is 3.21. The standard InChI is InChI=1S/C16H23N5O2.ClH/c1-12-3-4-15(23-12)13-11-14(20-19-13)16(22)18-5-2-8-21-9-6-17-7-10-21;/h3-4,11,17H,2,5-10H2,1H3,(H,18,22)(H,19,20);1H. The van der Waals surface area contributed by atoms with E-state index < -0.39 is 0 Å². The molecule has 0 bridgehead atoms. The number of carbonyl (C=O) groups is 1. The molecule has 0 aliphatic carbocycles. The summed E-state index contributed by atoms with van der Waals surface area (Å²) in [5, 5.41) is 13.1. The molecule has 0 spiro atoms. The van der Waals surface area contributed by atoms with Crippen molar-refractivity contribution in [2.75, 3.05) is 39.3 Å². The van der Waals surface area contributed by atoms with Crippen molar-refractivity contribution in [3.63, 3.8) is 0 Å². The lowest BCUT2D eigenvalue weighted by molar-refractivity contribution is 0.0946. The Morgan fingerprint density at radius 1 is 1.38 bits per heavy atom. The van der Waals surface area contributed by atoms with Gasteiger partial charge in [0.05, 0.1) is 0 Å². The monoisotopic (exact) mass is 353 g/mol. The second kappa shape index (κ2) is 8.86. The first-order valence-electron chi connectivity index (χ1n) is 8.06. The summed E-state index contributed by atoms with van der Waals surface area (Å²) in [6.07, 6.45) is 0.945. The lowest BCUT2D eigenvalue weighted by Gasteiger charge is -2.26. The minimum Gasteiger partial charge on any atom is -0.460 e. The van der Waals surface area contributed by atoms with Crippen molar-refractivity contribution in [1.82, 2.24) is 25.7 Å². The molecule has 8 heteroatoms. The van der Waals surface area contributed by atoms with Gasteiger partial charge in [0.25, 0.3) is 5.91 Å². The summed E-state index contributed by atoms with van der Waals surface area (Å²) in [4.78, 5) is 14.5. The zero-order chi connectivity index (χ0) is 16.1. The van der Waals surface area contributed by atoms with Crippen LogP contribution < -0.4 is 10.6 Å². The van der Waals surface area contributed by atoms with Crippen molar-refractivity contribution in [3.05, 3.63) is 29.7 Å². The third-order valence-electron chi connectivity index (χ3n) is 3.96. The van der Waals surface area contributed by atoms with E-state index in [0.717, 1.165) is 44.9 Å². The highest BCUT2D eigenvalue weighted by atomic mass is 35.5. The molecule has 1 saturated heterocycles. The summed E-state index contributed by atoms with van der Waals surface area (Å²) in [6.45, 7) is 7.82. The van der Waals surface area contributed by atoms with Crippen LogP contribution in [0.25, 0.3) is 11.5 Å². The van der Waals surface area contributed by atoms with Gasteiger partial charge >= 0.3 is 0 Å². The van der Waals surface area contributed by atoms with Crippen molar-refractivity contribution in [2.45, 2.75) is 13.3 Å². The fourth-order valence-electron chi connectivity index (χ4n) is 2.67. The molecular formula is C16H24ClN5O2. The van der Waals surface area contributed by atoms with Gasteiger partial charge < -0.3 is 20.0 Å². The lowest BCUT2D eigenvalue weighted by atomic mass is 10.3. The molecule has 1 amide bonds. The van der Waals surface area contributed by atoms with Crippen molar-refractivity contribution >= 4 is 18.3 Å². The quantitative estimate of drug-likeness (QED) is 0.684. The van der Waals surface area contributed by atoms with Crippen LogP contribution in [0.15, 0.2) is 22.6 Å². The third kappa shape index (κ3) is 4.83. The van der Waals surface area contributed by atoms with Crippen LogP contribution in [0.5, 0.6) is 0 Å². The topological polar surface area (TPSA) is 86.2 Å². The molecule has 0 aromatic carbocycles. The maximum absolute atomic E-state index is 12.1. The SMILES string of the molecule is Cc1ccc(-c2cc(C(=O)NCCCN3CCNCC3)n[nH]2)o1.Cl. The van der Waals surface area contributed by atoms with Gasteiger partial charge in [-0.15, -0.1) is 12.4 Å². The van der Waals surface area contributed by atoms with Gasteiger partial charge in [-0.1, -0.05) is 0 Å². The molecule has 3 N–H and O–H groups in total. The van der Waals surface area contributed by atoms with E-state index in [1.165, 1.54) is 0 Å². The Kier molecular flexibility index (Phi) is 6.84. The Balaban J connectivity index is 0.00000208. The van der Waals surface area contributed by atoms with Crippen LogP contribution in [-0.2, 0) is 0 Å². The number of aromatic amines is 1. The smallest absolute Gasteiger partial charge is 0.271 e. The van der Waals surface area contributed by atoms with Crippen molar-refractivity contribution < 1.29 is 9.21 Å². The Morgan fingerprint density at radius 3 is 2.88 bits per heavy atom. The first-order chi connectivity index (χ1) is 11.2. The van der Waals surface area contributed by atoms with Crippen LogP contribution >= 0.6 is 12.4 Å². The Hall–Kier alpha value is -1.83. The molecule has 1 aliphatic heterocycles. The van der Waals surface area contributed by atoms with E-state index in [9.17, 15) is 4.79 Å². The molecule has 2 aromatic heterocycles. The number of aromatic nitrogens is 2. The number of H-pyrrole nitrogens is 1. The number of furan rings is 1. The summed E-state index contributed by atoms with van der Waals surface area (Å²) in [6, 6.07) is 5.45. The minimum absolute atomic E-state index is 0. The number of piperazine rings is 1. The number of hydrogen-bond acceptors (Lipinski definition) is 5. The third-order valence-corrected chi connectivity index (χ3v) is 3.96. The molecule has 24 heavy (non-hydrogen) atoms. The molecule has 7 nitrogen and oxygen atoms in total. The van der Waals surface area contributed by atoms with E-state index >= 15 is 0 Å². The summed E-state index contributed by atoms with van der Waals surface area (Å²) in [7, 11) is 0. The average molecular weight is 354 g/mol. The largest absolute Gasteiger partial charge is 0.460 e. The van der Waals surface area contributed by atoms with E-state index in [4.69, 9.17) is 4.42 Å². The van der Waals surface area contributed by atoms with Gasteiger partial charge in [0.2, 0.25) is 0 Å². The molecule has 0 unspecified atom stereocenters. The van der Waals surface area contributed by atoms with Crippen molar-refractivity contribution in [2.24, 2.45) is 0 Å². The first-order valence-corrected chi connectivity index (χ1v) is 8.06. The van der Waals surface area contributed by atoms with Gasteiger partial charge in [-0.3, -0.25) is 9.89 Å². The number of hydrogen-bond donors (Lipinski definition) is 3. The van der Waals surface area contributed by atoms with Crippen LogP contribution in [0.1, 0.15) is 22.7 Å². The second-order valence-electron chi connectivity index (χ2n) is 5.78. The number of nitrogens with one attached hydrogen (secondary N) is 3. The van der Waals surface area contributed by atoms with Crippen molar-refractivity contribution in [3.8, 4) is 11.5 Å². The molecule has 132 valence electrons. The molecule has 0 saturated carbocycles. The fourth-order valence-corrected chi connectivity index (χ4v) is 2.67. The fraction of sp³-hybridized carbons (Fsp3) is 0.500. The van der Waals surface area contributed by atoms with E-state index in [-0.39, 0.29) is 18.3 Å².